The average Bonchev–Trinajstić information content (AvgIpc) is 3.80. The smallest absolute Gasteiger partial charge is 0.411 e. The summed E-state index contributed by atoms with van der Waals surface area (Å²) < 4.78 is 45.3. The number of pyridine rings is 1. The zero-order valence-electron chi connectivity index (χ0n) is 31.5. The van der Waals surface area contributed by atoms with Crippen molar-refractivity contribution in [1.29, 1.82) is 0 Å². The van der Waals surface area contributed by atoms with Gasteiger partial charge in [0, 0.05) is 28.8 Å². The Labute approximate surface area is 309 Å². The van der Waals surface area contributed by atoms with Gasteiger partial charge < -0.3 is 19.5 Å². The summed E-state index contributed by atoms with van der Waals surface area (Å²) in [6.45, 7) is 16.5. The van der Waals surface area contributed by atoms with Crippen LogP contribution in [0.4, 0.5) is 4.79 Å². The number of amides is 3. The van der Waals surface area contributed by atoms with Gasteiger partial charge in [0.05, 0.1) is 29.6 Å². The summed E-state index contributed by atoms with van der Waals surface area (Å²) in [5.74, 6) is -0.301. The Kier molecular flexibility index (Phi) is 9.34. The summed E-state index contributed by atoms with van der Waals surface area (Å²) >= 11 is 1.49. The third kappa shape index (κ3) is 7.05. The summed E-state index contributed by atoms with van der Waals surface area (Å²) in [6.07, 6.45) is 0.522. The van der Waals surface area contributed by atoms with Gasteiger partial charge in [0.25, 0.3) is 5.91 Å². The van der Waals surface area contributed by atoms with Crippen molar-refractivity contribution in [2.45, 2.75) is 121 Å². The molecule has 4 atom stereocenters. The SMILES string of the molecule is COc1ccc2c(OC3(C)C[C@@H](C(=O)N[C@]4(C(=O)NS(=O)(=O)C5(C)CC5)C[C@H]4C)N(C(=O)OC(C)(C)C)C3)cc(-c3nc(C(C)C)cs3)nc2c1C. The zero-order chi connectivity index (χ0) is 38.2. The van der Waals surface area contributed by atoms with Crippen molar-refractivity contribution in [3.05, 3.63) is 34.8 Å². The molecular weight excluding hydrogens is 707 g/mol. The maximum Gasteiger partial charge on any atom is 0.411 e. The van der Waals surface area contributed by atoms with Gasteiger partial charge in [-0.3, -0.25) is 19.2 Å². The van der Waals surface area contributed by atoms with Crippen LogP contribution >= 0.6 is 11.3 Å². The number of benzene rings is 1. The number of thiazole rings is 1. The molecule has 1 saturated heterocycles. The fourth-order valence-corrected chi connectivity index (χ4v) is 8.91. The quantitative estimate of drug-likeness (QED) is 0.257. The highest BCUT2D eigenvalue weighted by molar-refractivity contribution is 7.91. The number of carbonyl (C=O) groups excluding carboxylic acids is 3. The van der Waals surface area contributed by atoms with Gasteiger partial charge >= 0.3 is 6.09 Å². The van der Waals surface area contributed by atoms with Crippen molar-refractivity contribution in [1.82, 2.24) is 24.9 Å². The molecule has 1 aliphatic heterocycles. The number of fused-ring (bicyclic) bond motifs is 1. The molecule has 52 heavy (non-hydrogen) atoms. The standard InChI is InChI=1S/C37H49N5O8S2/c1-20(2)25-18-51-31(39-25)24-15-28(23-11-12-27(48-10)22(4)29(23)38-24)49-35(8)17-26(42(19-35)33(45)50-34(5,6)7)30(43)40-37(16-21(37)3)32(44)41-52(46,47)36(9)13-14-36/h11-12,15,18,20-21,26H,13-14,16-17,19H2,1-10H3,(H,40,43)(H,41,44)/t21-,26+,35?,37-/m1/s1. The second-order valence-corrected chi connectivity index (χ2v) is 19.4. The van der Waals surface area contributed by atoms with Crippen LogP contribution in [-0.4, -0.2) is 82.4 Å². The van der Waals surface area contributed by atoms with Crippen LogP contribution in [0, 0.1) is 12.8 Å². The second kappa shape index (κ2) is 12.9. The molecule has 2 N–H and O–H groups in total. The molecule has 282 valence electrons. The number of carbonyl (C=O) groups is 3. The number of aromatic nitrogens is 2. The van der Waals surface area contributed by atoms with Crippen molar-refractivity contribution in [3.63, 3.8) is 0 Å². The summed E-state index contributed by atoms with van der Waals surface area (Å²) in [5.41, 5.74) is -0.334. The van der Waals surface area contributed by atoms with Crippen molar-refractivity contribution in [2.75, 3.05) is 13.7 Å². The molecule has 0 spiro atoms. The van der Waals surface area contributed by atoms with Crippen molar-refractivity contribution >= 4 is 50.2 Å². The van der Waals surface area contributed by atoms with E-state index >= 15 is 0 Å². The molecule has 3 aliphatic rings. The number of nitrogens with zero attached hydrogens (tertiary/aromatic N) is 3. The molecule has 3 fully saturated rings. The highest BCUT2D eigenvalue weighted by atomic mass is 32.2. The van der Waals surface area contributed by atoms with E-state index in [2.05, 4.69) is 23.9 Å². The molecule has 13 nitrogen and oxygen atoms in total. The average molecular weight is 756 g/mol. The maximum atomic E-state index is 14.2. The Morgan fingerprint density at radius 2 is 1.75 bits per heavy atom. The molecule has 3 aromatic rings. The van der Waals surface area contributed by atoms with Crippen LogP contribution in [0.15, 0.2) is 23.6 Å². The summed E-state index contributed by atoms with van der Waals surface area (Å²) in [6, 6.07) is 4.46. The summed E-state index contributed by atoms with van der Waals surface area (Å²) in [4.78, 5) is 52.5. The molecule has 15 heteroatoms. The minimum absolute atomic E-state index is 0.00940. The Bertz CT molecular complexity index is 2050. The first kappa shape index (κ1) is 37.8. The van der Waals surface area contributed by atoms with Gasteiger partial charge in [-0.05, 0) is 84.8 Å². The number of likely N-dealkylation sites (tertiary alicyclic amines) is 1. The Morgan fingerprint density at radius 1 is 1.08 bits per heavy atom. The van der Waals surface area contributed by atoms with Gasteiger partial charge in [-0.1, -0.05) is 20.8 Å². The summed E-state index contributed by atoms with van der Waals surface area (Å²) in [7, 11) is -2.33. The first-order valence-corrected chi connectivity index (χ1v) is 20.0. The lowest BCUT2D eigenvalue weighted by Gasteiger charge is -2.29. The Morgan fingerprint density at radius 3 is 2.31 bits per heavy atom. The van der Waals surface area contributed by atoms with Crippen LogP contribution in [0.1, 0.15) is 98.2 Å². The minimum atomic E-state index is -3.93. The molecule has 2 aliphatic carbocycles. The number of hydrogen-bond donors (Lipinski definition) is 2. The monoisotopic (exact) mass is 755 g/mol. The molecule has 6 rings (SSSR count). The molecule has 1 aromatic carbocycles. The van der Waals surface area contributed by atoms with E-state index in [0.717, 1.165) is 16.3 Å². The lowest BCUT2D eigenvalue weighted by atomic mass is 10.0. The maximum absolute atomic E-state index is 14.2. The topological polar surface area (TPSA) is 166 Å². The number of methoxy groups -OCH3 is 1. The minimum Gasteiger partial charge on any atom is -0.496 e. The van der Waals surface area contributed by atoms with E-state index in [0.29, 0.717) is 40.9 Å². The first-order chi connectivity index (χ1) is 24.1. The third-order valence-corrected chi connectivity index (χ3v) is 13.4. The van der Waals surface area contributed by atoms with E-state index in [4.69, 9.17) is 24.2 Å². The normalized spacial score (nSPS) is 25.2. The highest BCUT2D eigenvalue weighted by Crippen LogP contribution is 2.47. The second-order valence-electron chi connectivity index (χ2n) is 16.4. The van der Waals surface area contributed by atoms with Crippen LogP contribution in [0.5, 0.6) is 11.5 Å². The number of sulfonamides is 1. The molecule has 2 aromatic heterocycles. The van der Waals surface area contributed by atoms with E-state index < -0.39 is 55.5 Å². The Balaban J connectivity index is 1.34. The van der Waals surface area contributed by atoms with Gasteiger partial charge in [-0.2, -0.15) is 0 Å². The van der Waals surface area contributed by atoms with Crippen LogP contribution in [0.25, 0.3) is 21.6 Å². The Hall–Kier alpha value is -3.98. The predicted molar refractivity (Wildman–Crippen MR) is 198 cm³/mol. The van der Waals surface area contributed by atoms with Gasteiger partial charge in [0.1, 0.15) is 45.0 Å². The van der Waals surface area contributed by atoms with Gasteiger partial charge in [-0.25, -0.2) is 23.2 Å². The summed E-state index contributed by atoms with van der Waals surface area (Å²) in [5, 5.41) is 6.30. The third-order valence-electron chi connectivity index (χ3n) is 10.4. The largest absolute Gasteiger partial charge is 0.496 e. The molecule has 3 amide bonds. The van der Waals surface area contributed by atoms with E-state index in [1.165, 1.54) is 16.2 Å². The van der Waals surface area contributed by atoms with E-state index in [1.807, 2.05) is 37.4 Å². The van der Waals surface area contributed by atoms with Crippen molar-refractivity contribution in [3.8, 4) is 22.2 Å². The molecule has 0 bridgehead atoms. The molecule has 0 radical (unpaired) electrons. The molecule has 1 unspecified atom stereocenters. The van der Waals surface area contributed by atoms with Crippen LogP contribution in [0.2, 0.25) is 0 Å². The number of nitrogens with one attached hydrogen (secondary N) is 2. The van der Waals surface area contributed by atoms with Crippen molar-refractivity contribution in [2.24, 2.45) is 5.92 Å². The van der Waals surface area contributed by atoms with Crippen LogP contribution < -0.4 is 19.5 Å². The predicted octanol–water partition coefficient (Wildman–Crippen LogP) is 5.84. The van der Waals surface area contributed by atoms with Gasteiger partial charge in [-0.15, -0.1) is 11.3 Å². The lowest BCUT2D eigenvalue weighted by molar-refractivity contribution is -0.131. The van der Waals surface area contributed by atoms with Crippen molar-refractivity contribution < 1.29 is 37.0 Å². The van der Waals surface area contributed by atoms with Crippen LogP contribution in [0.3, 0.4) is 0 Å². The van der Waals surface area contributed by atoms with E-state index in [9.17, 15) is 22.8 Å². The number of ether oxygens (including phenoxy) is 3. The van der Waals surface area contributed by atoms with Gasteiger partial charge in [0.2, 0.25) is 15.9 Å². The fourth-order valence-electron chi connectivity index (χ4n) is 6.66. The number of rotatable bonds is 10. The van der Waals surface area contributed by atoms with E-state index in [-0.39, 0.29) is 31.2 Å². The number of hydrogen-bond acceptors (Lipinski definition) is 11. The van der Waals surface area contributed by atoms with Crippen LogP contribution in [-0.2, 0) is 24.3 Å². The zero-order valence-corrected chi connectivity index (χ0v) is 33.1. The fraction of sp³-hybridized carbons (Fsp3) is 0.595. The molecule has 3 heterocycles. The number of aryl methyl sites for hydroxylation is 1. The molecule has 2 saturated carbocycles. The molecular formula is C37H49N5O8S2. The lowest BCUT2D eigenvalue weighted by Crippen LogP contribution is -2.57. The highest BCUT2D eigenvalue weighted by Gasteiger charge is 2.62. The van der Waals surface area contributed by atoms with E-state index in [1.54, 1.807) is 41.7 Å². The van der Waals surface area contributed by atoms with Gasteiger partial charge in [0.15, 0.2) is 0 Å². The first-order valence-electron chi connectivity index (χ1n) is 17.6.